The van der Waals surface area contributed by atoms with Crippen LogP contribution in [0.3, 0.4) is 0 Å². The van der Waals surface area contributed by atoms with Gasteiger partial charge >= 0.3 is 0 Å². The van der Waals surface area contributed by atoms with Crippen LogP contribution in [0.5, 0.6) is 5.75 Å². The summed E-state index contributed by atoms with van der Waals surface area (Å²) in [5.41, 5.74) is 1.69. The number of carbonyl (C=O) groups is 1. The number of methoxy groups -OCH3 is 1. The molecule has 4 heteroatoms. The SMILES string of the molecule is CCCCNC(C(=O)c1ccccc1)c1ccc(OC)cc1.Cl. The molecule has 0 fully saturated rings. The van der Waals surface area contributed by atoms with Gasteiger partial charge < -0.3 is 10.1 Å². The molecule has 2 aromatic carbocycles. The highest BCUT2D eigenvalue weighted by Crippen LogP contribution is 2.21. The highest BCUT2D eigenvalue weighted by atomic mass is 35.5. The summed E-state index contributed by atoms with van der Waals surface area (Å²) in [6.45, 7) is 2.97. The Hall–Kier alpha value is -1.84. The van der Waals surface area contributed by atoms with Gasteiger partial charge in [0.05, 0.1) is 13.2 Å². The molecule has 0 aliphatic rings. The van der Waals surface area contributed by atoms with Gasteiger partial charge in [-0.2, -0.15) is 0 Å². The number of hydrogen-bond donors (Lipinski definition) is 1. The Morgan fingerprint density at radius 1 is 1.09 bits per heavy atom. The second kappa shape index (κ2) is 10.0. The van der Waals surface area contributed by atoms with E-state index in [4.69, 9.17) is 4.74 Å². The molecule has 0 heterocycles. The molecule has 1 unspecified atom stereocenters. The Balaban J connectivity index is 0.00000264. The van der Waals surface area contributed by atoms with Crippen LogP contribution in [0, 0.1) is 0 Å². The van der Waals surface area contributed by atoms with Gasteiger partial charge in [-0.3, -0.25) is 4.79 Å². The van der Waals surface area contributed by atoms with E-state index in [2.05, 4.69) is 12.2 Å². The van der Waals surface area contributed by atoms with Gasteiger partial charge in [-0.05, 0) is 30.7 Å². The maximum absolute atomic E-state index is 12.8. The van der Waals surface area contributed by atoms with E-state index in [1.807, 2.05) is 54.6 Å². The minimum absolute atomic E-state index is 0. The molecule has 3 nitrogen and oxygen atoms in total. The molecule has 0 radical (unpaired) electrons. The summed E-state index contributed by atoms with van der Waals surface area (Å²) in [4.78, 5) is 12.8. The van der Waals surface area contributed by atoms with Gasteiger partial charge in [0, 0.05) is 5.56 Å². The summed E-state index contributed by atoms with van der Waals surface area (Å²) in [7, 11) is 1.64. The Kier molecular flexibility index (Phi) is 8.38. The van der Waals surface area contributed by atoms with Crippen molar-refractivity contribution >= 4 is 18.2 Å². The van der Waals surface area contributed by atoms with E-state index >= 15 is 0 Å². The standard InChI is InChI=1S/C19H23NO2.ClH/c1-3-4-14-20-18(15-10-12-17(22-2)13-11-15)19(21)16-8-6-5-7-9-16;/h5-13,18,20H,3-4,14H2,1-2H3;1H. The number of hydrogen-bond acceptors (Lipinski definition) is 3. The molecule has 1 N–H and O–H groups in total. The van der Waals surface area contributed by atoms with Crippen LogP contribution in [-0.2, 0) is 0 Å². The van der Waals surface area contributed by atoms with Crippen molar-refractivity contribution in [2.45, 2.75) is 25.8 Å². The van der Waals surface area contributed by atoms with Crippen molar-refractivity contribution in [2.24, 2.45) is 0 Å². The lowest BCUT2D eigenvalue weighted by Crippen LogP contribution is -2.29. The van der Waals surface area contributed by atoms with Crippen molar-refractivity contribution in [1.82, 2.24) is 5.32 Å². The van der Waals surface area contributed by atoms with Crippen molar-refractivity contribution < 1.29 is 9.53 Å². The number of ketones is 1. The van der Waals surface area contributed by atoms with Crippen LogP contribution in [-0.4, -0.2) is 19.4 Å². The van der Waals surface area contributed by atoms with Crippen LogP contribution in [0.4, 0.5) is 0 Å². The van der Waals surface area contributed by atoms with E-state index in [0.717, 1.165) is 36.3 Å². The molecule has 2 aromatic rings. The number of carbonyl (C=O) groups excluding carboxylic acids is 1. The number of unbranched alkanes of at least 4 members (excludes halogenated alkanes) is 1. The van der Waals surface area contributed by atoms with Gasteiger partial charge in [0.1, 0.15) is 5.75 Å². The van der Waals surface area contributed by atoms with Crippen molar-refractivity contribution in [3.8, 4) is 5.75 Å². The number of nitrogens with one attached hydrogen (secondary N) is 1. The third kappa shape index (κ3) is 5.38. The van der Waals surface area contributed by atoms with E-state index in [9.17, 15) is 4.79 Å². The zero-order valence-corrected chi connectivity index (χ0v) is 14.4. The third-order valence-electron chi connectivity index (χ3n) is 3.65. The first-order valence-electron chi connectivity index (χ1n) is 7.73. The van der Waals surface area contributed by atoms with Gasteiger partial charge in [0.15, 0.2) is 5.78 Å². The Labute approximate surface area is 144 Å². The Morgan fingerprint density at radius 2 is 1.74 bits per heavy atom. The number of rotatable bonds is 8. The van der Waals surface area contributed by atoms with Crippen LogP contribution in [0.15, 0.2) is 54.6 Å². The fourth-order valence-electron chi connectivity index (χ4n) is 2.35. The van der Waals surface area contributed by atoms with Crippen LogP contribution in [0.1, 0.15) is 41.7 Å². The van der Waals surface area contributed by atoms with Crippen LogP contribution in [0.2, 0.25) is 0 Å². The van der Waals surface area contributed by atoms with Crippen molar-refractivity contribution in [1.29, 1.82) is 0 Å². The van der Waals surface area contributed by atoms with Crippen molar-refractivity contribution in [2.75, 3.05) is 13.7 Å². The first-order chi connectivity index (χ1) is 10.8. The van der Waals surface area contributed by atoms with Crippen molar-refractivity contribution in [3.63, 3.8) is 0 Å². The van der Waals surface area contributed by atoms with Gasteiger partial charge in [0.25, 0.3) is 0 Å². The highest BCUT2D eigenvalue weighted by Gasteiger charge is 2.21. The van der Waals surface area contributed by atoms with Gasteiger partial charge in [-0.15, -0.1) is 12.4 Å². The molecule has 0 amide bonds. The fraction of sp³-hybridized carbons (Fsp3) is 0.316. The van der Waals surface area contributed by atoms with E-state index in [1.54, 1.807) is 7.11 Å². The maximum Gasteiger partial charge on any atom is 0.184 e. The van der Waals surface area contributed by atoms with E-state index in [1.165, 1.54) is 0 Å². The molecule has 0 aliphatic carbocycles. The third-order valence-corrected chi connectivity index (χ3v) is 3.65. The Bertz CT molecular complexity index is 584. The fourth-order valence-corrected chi connectivity index (χ4v) is 2.35. The molecule has 0 spiro atoms. The quantitative estimate of drug-likeness (QED) is 0.573. The monoisotopic (exact) mass is 333 g/mol. The zero-order chi connectivity index (χ0) is 15.8. The number of ether oxygens (including phenoxy) is 1. The predicted molar refractivity (Wildman–Crippen MR) is 96.7 cm³/mol. The molecule has 2 rings (SSSR count). The molecular weight excluding hydrogens is 310 g/mol. The molecule has 0 saturated heterocycles. The lowest BCUT2D eigenvalue weighted by molar-refractivity contribution is 0.0942. The summed E-state index contributed by atoms with van der Waals surface area (Å²) in [5.74, 6) is 0.894. The lowest BCUT2D eigenvalue weighted by atomic mass is 9.97. The molecule has 0 aromatic heterocycles. The largest absolute Gasteiger partial charge is 0.497 e. The topological polar surface area (TPSA) is 38.3 Å². The zero-order valence-electron chi connectivity index (χ0n) is 13.6. The van der Waals surface area contributed by atoms with Crippen LogP contribution < -0.4 is 10.1 Å². The molecule has 0 saturated carbocycles. The van der Waals surface area contributed by atoms with E-state index in [0.29, 0.717) is 0 Å². The average molecular weight is 334 g/mol. The molecular formula is C19H24ClNO2. The minimum Gasteiger partial charge on any atom is -0.497 e. The number of Topliss-reactive ketones (excluding diaryl/α,β-unsaturated/α-hetero) is 1. The summed E-state index contributed by atoms with van der Waals surface area (Å²) < 4.78 is 5.19. The van der Waals surface area contributed by atoms with Gasteiger partial charge in [-0.25, -0.2) is 0 Å². The van der Waals surface area contributed by atoms with Crippen LogP contribution in [0.25, 0.3) is 0 Å². The van der Waals surface area contributed by atoms with Crippen LogP contribution >= 0.6 is 12.4 Å². The van der Waals surface area contributed by atoms with Gasteiger partial charge in [-0.1, -0.05) is 55.8 Å². The second-order valence-corrected chi connectivity index (χ2v) is 5.24. The number of halogens is 1. The minimum atomic E-state index is -0.320. The predicted octanol–water partition coefficient (Wildman–Crippen LogP) is 4.43. The smallest absolute Gasteiger partial charge is 0.184 e. The van der Waals surface area contributed by atoms with E-state index in [-0.39, 0.29) is 24.2 Å². The molecule has 124 valence electrons. The molecule has 0 bridgehead atoms. The lowest BCUT2D eigenvalue weighted by Gasteiger charge is -2.18. The average Bonchev–Trinajstić information content (AvgIpc) is 2.59. The van der Waals surface area contributed by atoms with Gasteiger partial charge in [0.2, 0.25) is 0 Å². The van der Waals surface area contributed by atoms with E-state index < -0.39 is 0 Å². The summed E-state index contributed by atoms with van der Waals surface area (Å²) in [5, 5.41) is 3.38. The molecule has 23 heavy (non-hydrogen) atoms. The summed E-state index contributed by atoms with van der Waals surface area (Å²) in [6.07, 6.45) is 2.15. The molecule has 0 aliphatic heterocycles. The normalized spacial score (nSPS) is 11.4. The first-order valence-corrected chi connectivity index (χ1v) is 7.73. The second-order valence-electron chi connectivity index (χ2n) is 5.24. The Morgan fingerprint density at radius 3 is 2.30 bits per heavy atom. The first kappa shape index (κ1) is 19.2. The molecule has 1 atom stereocenters. The van der Waals surface area contributed by atoms with Crippen molar-refractivity contribution in [3.05, 3.63) is 65.7 Å². The summed E-state index contributed by atoms with van der Waals surface area (Å²) in [6, 6.07) is 16.8. The maximum atomic E-state index is 12.8. The number of benzene rings is 2. The summed E-state index contributed by atoms with van der Waals surface area (Å²) >= 11 is 0. The highest BCUT2D eigenvalue weighted by molar-refractivity contribution is 6.00.